The van der Waals surface area contributed by atoms with E-state index in [1.807, 2.05) is 138 Å². The lowest BCUT2D eigenvalue weighted by atomic mass is 9.58. The fourth-order valence-electron chi connectivity index (χ4n) is 7.21. The standard InChI is InChI=1S/2C12H22O3.2C9H16O3.C6H10O3/c1-8-10(2,3)11(4,5)12(6,7)15-9(13)14-8;1-8-10(2,3)12(6,7)15-9(13)14-11(8,4)5;1-6-8(2,3)9(4,5)12-7(10)11-6;1-6-8(2,3)11-7(10)12-9(6,4)5;1-4-6(2,3)9-5(7)8-4/h2*8H,1-7H3;2*6H,1-5H3;4H,1-3H3. The number of cyclic esters (lactones) is 10. The van der Waals surface area contributed by atoms with Crippen LogP contribution in [0, 0.1) is 33.5 Å². The molecule has 0 amide bonds. The third kappa shape index (κ3) is 12.6. The minimum Gasteiger partial charge on any atom is -0.431 e. The molecule has 4 atom stereocenters. The van der Waals surface area contributed by atoms with Gasteiger partial charge >= 0.3 is 30.8 Å². The molecule has 5 heterocycles. The predicted octanol–water partition coefficient (Wildman–Crippen LogP) is 12.8. The van der Waals surface area contributed by atoms with Crippen molar-refractivity contribution in [1.29, 1.82) is 0 Å². The molecule has 368 valence electrons. The summed E-state index contributed by atoms with van der Waals surface area (Å²) in [7, 11) is 0. The lowest BCUT2D eigenvalue weighted by molar-refractivity contribution is -0.176. The van der Waals surface area contributed by atoms with Gasteiger partial charge in [0.25, 0.3) is 0 Å². The van der Waals surface area contributed by atoms with Crippen molar-refractivity contribution in [2.24, 2.45) is 33.5 Å². The maximum Gasteiger partial charge on any atom is 0.509 e. The summed E-state index contributed by atoms with van der Waals surface area (Å²) in [5, 5.41) is 0. The summed E-state index contributed by atoms with van der Waals surface area (Å²) in [4.78, 5) is 55.3. The molecular weight excluding hydrogens is 817 g/mol. The van der Waals surface area contributed by atoms with E-state index in [-0.39, 0.29) is 51.8 Å². The summed E-state index contributed by atoms with van der Waals surface area (Å²) >= 11 is 0. The highest BCUT2D eigenvalue weighted by Crippen LogP contribution is 2.53. The molecule has 5 rings (SSSR count). The number of hydrogen-bond donors (Lipinski definition) is 0. The summed E-state index contributed by atoms with van der Waals surface area (Å²) in [5.41, 5.74) is -3.89. The van der Waals surface area contributed by atoms with Crippen LogP contribution in [-0.4, -0.2) is 88.3 Å². The molecule has 0 N–H and O–H groups in total. The van der Waals surface area contributed by atoms with E-state index in [0.717, 1.165) is 0 Å². The van der Waals surface area contributed by atoms with E-state index in [1.54, 1.807) is 0 Å². The van der Waals surface area contributed by atoms with Crippen molar-refractivity contribution in [2.45, 2.75) is 244 Å². The Balaban J connectivity index is 0.000000398. The minimum absolute atomic E-state index is 0.103. The number of hydrogen-bond acceptors (Lipinski definition) is 15. The van der Waals surface area contributed by atoms with Crippen molar-refractivity contribution in [3.8, 4) is 0 Å². The first-order chi connectivity index (χ1) is 27.6. The van der Waals surface area contributed by atoms with E-state index in [9.17, 15) is 24.0 Å². The average molecular weight is 903 g/mol. The average Bonchev–Trinajstić information content (AvgIpc) is 3.25. The normalized spacial score (nSPS) is 31.3. The fourth-order valence-corrected chi connectivity index (χ4v) is 7.21. The largest absolute Gasteiger partial charge is 0.509 e. The van der Waals surface area contributed by atoms with Gasteiger partial charge in [0.2, 0.25) is 0 Å². The molecule has 0 spiro atoms. The molecule has 0 aromatic heterocycles. The number of ether oxygens (including phenoxy) is 10. The van der Waals surface area contributed by atoms with Crippen LogP contribution < -0.4 is 0 Å². The van der Waals surface area contributed by atoms with E-state index in [0.29, 0.717) is 0 Å². The van der Waals surface area contributed by atoms with Crippen molar-refractivity contribution >= 4 is 30.8 Å². The molecule has 5 fully saturated rings. The SMILES string of the molecule is CC1C(C)(C)OC(=O)OC(C)(C)C1(C)C.CC1C(C)(C)OC(=O)OC1(C)C.CC1OC(=O)OC(C)(C)C(C)(C)C1(C)C.CC1OC(=O)OC(C)(C)C1(C)C.CC1OC(=O)OC1(C)C. The summed E-state index contributed by atoms with van der Waals surface area (Å²) in [6.07, 6.45) is -3.21. The second-order valence-electron chi connectivity index (χ2n) is 23.4. The Morgan fingerprint density at radius 1 is 0.286 bits per heavy atom. The van der Waals surface area contributed by atoms with Gasteiger partial charge in [-0.05, 0) is 118 Å². The topological polar surface area (TPSA) is 178 Å². The van der Waals surface area contributed by atoms with Crippen molar-refractivity contribution in [2.75, 3.05) is 0 Å². The highest BCUT2D eigenvalue weighted by molar-refractivity contribution is 5.64. The van der Waals surface area contributed by atoms with Crippen LogP contribution in [0.15, 0.2) is 0 Å². The maximum atomic E-state index is 11.5. The molecule has 5 aliphatic rings. The first-order valence-electron chi connectivity index (χ1n) is 22.1. The van der Waals surface area contributed by atoms with Crippen molar-refractivity contribution < 1.29 is 71.3 Å². The highest BCUT2D eigenvalue weighted by Gasteiger charge is 2.57. The first kappa shape index (κ1) is 57.4. The van der Waals surface area contributed by atoms with Crippen LogP contribution >= 0.6 is 0 Å². The van der Waals surface area contributed by atoms with Crippen LogP contribution in [0.2, 0.25) is 0 Å². The summed E-state index contributed by atoms with van der Waals surface area (Å²) in [5.74, 6) is 0.397. The number of carbonyl (C=O) groups excluding carboxylic acids is 5. The first-order valence-corrected chi connectivity index (χ1v) is 22.1. The van der Waals surface area contributed by atoms with Crippen LogP contribution in [-0.2, 0) is 47.4 Å². The third-order valence-corrected chi connectivity index (χ3v) is 16.7. The molecule has 4 unspecified atom stereocenters. The third-order valence-electron chi connectivity index (χ3n) is 16.7. The van der Waals surface area contributed by atoms with Gasteiger partial charge < -0.3 is 47.4 Å². The Bertz CT molecular complexity index is 1640. The summed E-state index contributed by atoms with van der Waals surface area (Å²) in [6.45, 7) is 53.2. The minimum atomic E-state index is -0.567. The number of carbonyl (C=O) groups is 5. The molecule has 15 heteroatoms. The molecule has 0 aromatic rings. The Morgan fingerprint density at radius 2 is 0.556 bits per heavy atom. The molecule has 0 saturated carbocycles. The Labute approximate surface area is 379 Å². The molecule has 63 heavy (non-hydrogen) atoms. The van der Waals surface area contributed by atoms with Gasteiger partial charge in [0, 0.05) is 33.5 Å². The Morgan fingerprint density at radius 3 is 0.889 bits per heavy atom. The monoisotopic (exact) mass is 903 g/mol. The van der Waals surface area contributed by atoms with Gasteiger partial charge in [-0.1, -0.05) is 69.2 Å². The van der Waals surface area contributed by atoms with Crippen LogP contribution in [0.5, 0.6) is 0 Å². The van der Waals surface area contributed by atoms with Gasteiger partial charge in [-0.2, -0.15) is 0 Å². The van der Waals surface area contributed by atoms with Gasteiger partial charge in [0.15, 0.2) is 0 Å². The molecule has 0 aromatic carbocycles. The maximum absolute atomic E-state index is 11.5. The van der Waals surface area contributed by atoms with E-state index in [1.165, 1.54) is 0 Å². The van der Waals surface area contributed by atoms with Gasteiger partial charge in [0.05, 0.1) is 0 Å². The van der Waals surface area contributed by atoms with Crippen molar-refractivity contribution in [3.05, 3.63) is 0 Å². The zero-order valence-electron chi connectivity index (χ0n) is 44.0. The van der Waals surface area contributed by atoms with E-state index in [2.05, 4.69) is 48.5 Å². The lowest BCUT2D eigenvalue weighted by Gasteiger charge is -2.49. The molecule has 0 bridgehead atoms. The van der Waals surface area contributed by atoms with E-state index in [4.69, 9.17) is 47.4 Å². The highest BCUT2D eigenvalue weighted by atomic mass is 16.8. The zero-order valence-corrected chi connectivity index (χ0v) is 44.0. The van der Waals surface area contributed by atoms with Gasteiger partial charge in [0.1, 0.15) is 57.5 Å². The van der Waals surface area contributed by atoms with Crippen LogP contribution in [0.3, 0.4) is 0 Å². The number of rotatable bonds is 0. The zero-order chi connectivity index (χ0) is 50.3. The molecule has 15 nitrogen and oxygen atoms in total. The van der Waals surface area contributed by atoms with E-state index < -0.39 is 70.0 Å². The van der Waals surface area contributed by atoms with Crippen LogP contribution in [0.4, 0.5) is 24.0 Å². The molecular formula is C48H86O15. The quantitative estimate of drug-likeness (QED) is 0.165. The smallest absolute Gasteiger partial charge is 0.431 e. The van der Waals surface area contributed by atoms with Crippen LogP contribution in [0.25, 0.3) is 0 Å². The van der Waals surface area contributed by atoms with Gasteiger partial charge in [-0.3, -0.25) is 0 Å². The molecule has 0 radical (unpaired) electrons. The van der Waals surface area contributed by atoms with Crippen molar-refractivity contribution in [3.63, 3.8) is 0 Å². The fraction of sp³-hybridized carbons (Fsp3) is 0.896. The van der Waals surface area contributed by atoms with E-state index >= 15 is 0 Å². The Hall–Kier alpha value is -3.65. The summed E-state index contributed by atoms with van der Waals surface area (Å²) < 4.78 is 51.0. The van der Waals surface area contributed by atoms with Crippen LogP contribution in [0.1, 0.15) is 187 Å². The molecule has 5 saturated heterocycles. The Kier molecular flexibility index (Phi) is 16.7. The summed E-state index contributed by atoms with van der Waals surface area (Å²) in [6, 6.07) is 0. The predicted molar refractivity (Wildman–Crippen MR) is 238 cm³/mol. The second kappa shape index (κ2) is 18.3. The molecule has 5 aliphatic heterocycles. The second-order valence-corrected chi connectivity index (χ2v) is 23.4. The van der Waals surface area contributed by atoms with Gasteiger partial charge in [-0.15, -0.1) is 0 Å². The van der Waals surface area contributed by atoms with Crippen molar-refractivity contribution in [1.82, 2.24) is 0 Å². The molecule has 0 aliphatic carbocycles. The lowest BCUT2D eigenvalue weighted by Crippen LogP contribution is -2.55. The van der Waals surface area contributed by atoms with Gasteiger partial charge in [-0.25, -0.2) is 24.0 Å².